The lowest BCUT2D eigenvalue weighted by Gasteiger charge is -2.23. The van der Waals surface area contributed by atoms with Crippen molar-refractivity contribution in [2.45, 2.75) is 19.9 Å². The summed E-state index contributed by atoms with van der Waals surface area (Å²) >= 11 is 0. The van der Waals surface area contributed by atoms with Crippen LogP contribution in [0.2, 0.25) is 0 Å². The van der Waals surface area contributed by atoms with Crippen LogP contribution in [0.5, 0.6) is 0 Å². The average Bonchev–Trinajstić information content (AvgIpc) is 2.46. The summed E-state index contributed by atoms with van der Waals surface area (Å²) in [5, 5.41) is 8.67. The van der Waals surface area contributed by atoms with Gasteiger partial charge in [-0.3, -0.25) is 9.69 Å². The van der Waals surface area contributed by atoms with Crippen molar-refractivity contribution in [2.75, 3.05) is 33.8 Å². The summed E-state index contributed by atoms with van der Waals surface area (Å²) in [4.78, 5) is 15.6. The lowest BCUT2D eigenvalue weighted by atomic mass is 10.1. The van der Waals surface area contributed by atoms with Crippen molar-refractivity contribution in [1.82, 2.24) is 9.80 Å². The van der Waals surface area contributed by atoms with Crippen LogP contribution in [0.1, 0.15) is 24.5 Å². The fourth-order valence-corrected chi connectivity index (χ4v) is 1.96. The number of hydrogen-bond donors (Lipinski definition) is 1. The van der Waals surface area contributed by atoms with E-state index in [1.165, 1.54) is 0 Å². The summed E-state index contributed by atoms with van der Waals surface area (Å²) < 4.78 is 0. The van der Waals surface area contributed by atoms with Crippen LogP contribution >= 0.6 is 0 Å². The first-order valence-corrected chi connectivity index (χ1v) is 7.18. The van der Waals surface area contributed by atoms with E-state index < -0.39 is 0 Å². The Morgan fingerprint density at radius 1 is 1.24 bits per heavy atom. The molecule has 1 amide bonds. The molecule has 21 heavy (non-hydrogen) atoms. The Morgan fingerprint density at radius 3 is 2.43 bits per heavy atom. The van der Waals surface area contributed by atoms with Gasteiger partial charge in [0.05, 0.1) is 6.54 Å². The lowest BCUT2D eigenvalue weighted by Crippen LogP contribution is -2.36. The SMILES string of the molecule is CCCN(CC(=O)N(C)C)Cc1ccc(C#CCO)cc1. The Kier molecular flexibility index (Phi) is 7.52. The summed E-state index contributed by atoms with van der Waals surface area (Å²) in [7, 11) is 3.56. The first-order valence-electron chi connectivity index (χ1n) is 7.18. The van der Waals surface area contributed by atoms with Gasteiger partial charge in [0, 0.05) is 26.2 Å². The van der Waals surface area contributed by atoms with Crippen LogP contribution in [0, 0.1) is 11.8 Å². The van der Waals surface area contributed by atoms with Gasteiger partial charge in [-0.1, -0.05) is 30.9 Å². The minimum atomic E-state index is -0.126. The van der Waals surface area contributed by atoms with Gasteiger partial charge < -0.3 is 10.0 Å². The molecule has 1 N–H and O–H groups in total. The number of benzene rings is 1. The van der Waals surface area contributed by atoms with Crippen LogP contribution in [0.25, 0.3) is 0 Å². The summed E-state index contributed by atoms with van der Waals surface area (Å²) in [6.45, 7) is 4.07. The molecule has 0 aliphatic heterocycles. The molecule has 1 aromatic carbocycles. The van der Waals surface area contributed by atoms with Gasteiger partial charge in [-0.25, -0.2) is 0 Å². The van der Waals surface area contributed by atoms with Gasteiger partial charge >= 0.3 is 0 Å². The van der Waals surface area contributed by atoms with Gasteiger partial charge in [-0.2, -0.15) is 0 Å². The number of amides is 1. The normalized spacial score (nSPS) is 10.1. The third kappa shape index (κ3) is 6.44. The second-order valence-corrected chi connectivity index (χ2v) is 5.16. The number of carbonyl (C=O) groups is 1. The maximum absolute atomic E-state index is 11.8. The van der Waals surface area contributed by atoms with E-state index in [1.54, 1.807) is 19.0 Å². The zero-order valence-electron chi connectivity index (χ0n) is 13.1. The number of aliphatic hydroxyl groups excluding tert-OH is 1. The smallest absolute Gasteiger partial charge is 0.236 e. The number of aliphatic hydroxyl groups is 1. The molecule has 0 saturated carbocycles. The van der Waals surface area contributed by atoms with Crippen molar-refractivity contribution in [1.29, 1.82) is 0 Å². The lowest BCUT2D eigenvalue weighted by molar-refractivity contribution is -0.130. The molecule has 0 spiro atoms. The first kappa shape index (κ1) is 17.2. The summed E-state index contributed by atoms with van der Waals surface area (Å²) in [6, 6.07) is 7.92. The summed E-state index contributed by atoms with van der Waals surface area (Å²) in [5.74, 6) is 5.62. The second-order valence-electron chi connectivity index (χ2n) is 5.16. The van der Waals surface area contributed by atoms with E-state index in [1.807, 2.05) is 24.3 Å². The fourth-order valence-electron chi connectivity index (χ4n) is 1.96. The highest BCUT2D eigenvalue weighted by atomic mass is 16.2. The molecule has 0 aliphatic carbocycles. The fraction of sp³-hybridized carbons (Fsp3) is 0.471. The first-order chi connectivity index (χ1) is 10.1. The third-order valence-electron chi connectivity index (χ3n) is 3.07. The van der Waals surface area contributed by atoms with Crippen LogP contribution in [-0.2, 0) is 11.3 Å². The summed E-state index contributed by atoms with van der Waals surface area (Å²) in [6.07, 6.45) is 1.01. The monoisotopic (exact) mass is 288 g/mol. The summed E-state index contributed by atoms with van der Waals surface area (Å²) in [5.41, 5.74) is 2.05. The van der Waals surface area contributed by atoms with Crippen LogP contribution in [0.4, 0.5) is 0 Å². The minimum absolute atomic E-state index is 0.119. The van der Waals surface area contributed by atoms with E-state index >= 15 is 0 Å². The van der Waals surface area contributed by atoms with Gasteiger partial charge in [0.25, 0.3) is 0 Å². The Labute approximate surface area is 127 Å². The molecule has 4 heteroatoms. The Morgan fingerprint density at radius 2 is 1.90 bits per heavy atom. The van der Waals surface area contributed by atoms with Gasteiger partial charge in [0.1, 0.15) is 6.61 Å². The molecule has 0 bridgehead atoms. The van der Waals surface area contributed by atoms with Gasteiger partial charge in [0.2, 0.25) is 5.91 Å². The molecular weight excluding hydrogens is 264 g/mol. The molecule has 0 atom stereocenters. The van der Waals surface area contributed by atoms with Gasteiger partial charge in [0.15, 0.2) is 0 Å². The number of carbonyl (C=O) groups excluding carboxylic acids is 1. The largest absolute Gasteiger partial charge is 0.384 e. The van der Waals surface area contributed by atoms with Crippen molar-refractivity contribution in [3.05, 3.63) is 35.4 Å². The Bertz CT molecular complexity index is 498. The minimum Gasteiger partial charge on any atom is -0.384 e. The van der Waals surface area contributed by atoms with E-state index in [0.717, 1.165) is 30.6 Å². The van der Waals surface area contributed by atoms with Crippen LogP contribution < -0.4 is 0 Å². The standard InChI is InChI=1S/C17H24N2O2/c1-4-11-19(14-17(21)18(2)3)13-16-9-7-15(8-10-16)6-5-12-20/h7-10,20H,4,11-14H2,1-3H3. The highest BCUT2D eigenvalue weighted by molar-refractivity contribution is 5.77. The Hall–Kier alpha value is -1.83. The topological polar surface area (TPSA) is 43.8 Å². The average molecular weight is 288 g/mol. The predicted octanol–water partition coefficient (Wildman–Crippen LogP) is 1.33. The zero-order valence-corrected chi connectivity index (χ0v) is 13.1. The molecule has 0 aromatic heterocycles. The van der Waals surface area contributed by atoms with Gasteiger partial charge in [-0.15, -0.1) is 0 Å². The number of hydrogen-bond acceptors (Lipinski definition) is 3. The number of rotatable bonds is 6. The molecule has 114 valence electrons. The van der Waals surface area contributed by atoms with Crippen molar-refractivity contribution in [2.24, 2.45) is 0 Å². The molecular formula is C17H24N2O2. The van der Waals surface area contributed by atoms with Crippen LogP contribution in [0.3, 0.4) is 0 Å². The number of likely N-dealkylation sites (N-methyl/N-ethyl adjacent to an activating group) is 1. The van der Waals surface area contributed by atoms with E-state index in [9.17, 15) is 4.79 Å². The molecule has 0 radical (unpaired) electrons. The second kappa shape index (κ2) is 9.17. The zero-order chi connectivity index (χ0) is 15.7. The molecule has 0 aliphatic rings. The molecule has 0 heterocycles. The van der Waals surface area contributed by atoms with E-state index in [-0.39, 0.29) is 12.5 Å². The molecule has 4 nitrogen and oxygen atoms in total. The number of nitrogens with zero attached hydrogens (tertiary/aromatic N) is 2. The quantitative estimate of drug-likeness (QED) is 0.803. The third-order valence-corrected chi connectivity index (χ3v) is 3.07. The van der Waals surface area contributed by atoms with Crippen LogP contribution in [-0.4, -0.2) is 54.6 Å². The highest BCUT2D eigenvalue weighted by Crippen LogP contribution is 2.08. The molecule has 0 saturated heterocycles. The Balaban J connectivity index is 2.68. The van der Waals surface area contributed by atoms with E-state index in [2.05, 4.69) is 23.7 Å². The van der Waals surface area contributed by atoms with Crippen molar-refractivity contribution in [3.8, 4) is 11.8 Å². The van der Waals surface area contributed by atoms with E-state index in [4.69, 9.17) is 5.11 Å². The van der Waals surface area contributed by atoms with Crippen LogP contribution in [0.15, 0.2) is 24.3 Å². The molecule has 0 fully saturated rings. The molecule has 1 rings (SSSR count). The van der Waals surface area contributed by atoms with Crippen molar-refractivity contribution < 1.29 is 9.90 Å². The van der Waals surface area contributed by atoms with Gasteiger partial charge in [-0.05, 0) is 30.7 Å². The maximum atomic E-state index is 11.8. The molecule has 0 unspecified atom stereocenters. The predicted molar refractivity (Wildman–Crippen MR) is 84.7 cm³/mol. The highest BCUT2D eigenvalue weighted by Gasteiger charge is 2.11. The van der Waals surface area contributed by atoms with Crippen molar-refractivity contribution >= 4 is 5.91 Å². The maximum Gasteiger partial charge on any atom is 0.236 e. The molecule has 1 aromatic rings. The van der Waals surface area contributed by atoms with E-state index in [0.29, 0.717) is 6.54 Å². The van der Waals surface area contributed by atoms with Crippen molar-refractivity contribution in [3.63, 3.8) is 0 Å².